The maximum atomic E-state index is 14.3. The van der Waals surface area contributed by atoms with Gasteiger partial charge in [-0.1, -0.05) is 12.1 Å². The summed E-state index contributed by atoms with van der Waals surface area (Å²) in [6.07, 6.45) is -3.02. The number of rotatable bonds is 3. The van der Waals surface area contributed by atoms with E-state index in [1.165, 1.54) is 12.1 Å². The number of aromatic hydroxyl groups is 8. The predicted molar refractivity (Wildman–Crippen MR) is 141 cm³/mol. The van der Waals surface area contributed by atoms with Gasteiger partial charge in [-0.25, -0.2) is 0 Å². The lowest BCUT2D eigenvalue weighted by Crippen LogP contribution is -2.40. The normalized spacial score (nSPS) is 21.1. The summed E-state index contributed by atoms with van der Waals surface area (Å²) in [7, 11) is 0. The van der Waals surface area contributed by atoms with E-state index >= 15 is 0 Å². The highest BCUT2D eigenvalue weighted by atomic mass is 16.5. The van der Waals surface area contributed by atoms with E-state index in [0.29, 0.717) is 0 Å². The molecule has 2 heterocycles. The first-order valence-electron chi connectivity index (χ1n) is 12.5. The SMILES string of the molecule is O=C1C(c2ccc(O)c(O)c2)Oc2cc(O)cc(O)c2C1C1C(=O)C(c2ccc(O)c(O)c2)Oc2cc(O)cc(O)c21. The van der Waals surface area contributed by atoms with Gasteiger partial charge >= 0.3 is 0 Å². The van der Waals surface area contributed by atoms with E-state index < -0.39 is 81.6 Å². The highest BCUT2D eigenvalue weighted by Crippen LogP contribution is 2.57. The molecule has 0 saturated heterocycles. The Hall–Kier alpha value is -5.78. The summed E-state index contributed by atoms with van der Waals surface area (Å²) in [5.41, 5.74) is -0.210. The molecule has 4 atom stereocenters. The summed E-state index contributed by atoms with van der Waals surface area (Å²) >= 11 is 0. The molecule has 0 radical (unpaired) electrons. The molecule has 4 aromatic carbocycles. The van der Waals surface area contributed by atoms with Gasteiger partial charge in [0.1, 0.15) is 34.5 Å². The Morgan fingerprint density at radius 1 is 0.452 bits per heavy atom. The van der Waals surface area contributed by atoms with Crippen LogP contribution in [-0.2, 0) is 9.59 Å². The van der Waals surface area contributed by atoms with Crippen molar-refractivity contribution in [3.63, 3.8) is 0 Å². The number of hydrogen-bond donors (Lipinski definition) is 8. The van der Waals surface area contributed by atoms with Gasteiger partial charge in [-0.3, -0.25) is 9.59 Å². The maximum absolute atomic E-state index is 14.3. The minimum absolute atomic E-state index is 0.0726. The zero-order valence-electron chi connectivity index (χ0n) is 21.3. The van der Waals surface area contributed by atoms with Gasteiger partial charge in [0.25, 0.3) is 0 Å². The summed E-state index contributed by atoms with van der Waals surface area (Å²) in [6.45, 7) is 0. The smallest absolute Gasteiger partial charge is 0.186 e. The van der Waals surface area contributed by atoms with Crippen LogP contribution in [0.1, 0.15) is 46.3 Å². The molecule has 0 aliphatic carbocycles. The molecule has 2 aliphatic heterocycles. The first kappa shape index (κ1) is 26.4. The molecule has 0 bridgehead atoms. The number of carbonyl (C=O) groups is 2. The molecule has 6 rings (SSSR count). The molecule has 4 unspecified atom stereocenters. The van der Waals surface area contributed by atoms with Gasteiger partial charge in [-0.05, 0) is 24.3 Å². The van der Waals surface area contributed by atoms with E-state index in [1.807, 2.05) is 0 Å². The van der Waals surface area contributed by atoms with Crippen molar-refractivity contribution in [1.29, 1.82) is 0 Å². The summed E-state index contributed by atoms with van der Waals surface area (Å²) < 4.78 is 11.7. The average Bonchev–Trinajstić information content (AvgIpc) is 2.92. The Labute approximate surface area is 236 Å². The van der Waals surface area contributed by atoms with E-state index in [0.717, 1.165) is 48.5 Å². The van der Waals surface area contributed by atoms with Crippen LogP contribution in [-0.4, -0.2) is 52.4 Å². The molecule has 0 spiro atoms. The van der Waals surface area contributed by atoms with E-state index in [4.69, 9.17) is 9.47 Å². The van der Waals surface area contributed by atoms with Gasteiger partial charge < -0.3 is 50.3 Å². The Kier molecular flexibility index (Phi) is 5.92. The molecule has 0 aromatic heterocycles. The summed E-state index contributed by atoms with van der Waals surface area (Å²) in [5, 5.41) is 82.0. The Morgan fingerprint density at radius 3 is 1.19 bits per heavy atom. The van der Waals surface area contributed by atoms with Gasteiger partial charge in [0.15, 0.2) is 46.8 Å². The van der Waals surface area contributed by atoms with Crippen LogP contribution < -0.4 is 9.47 Å². The first-order valence-corrected chi connectivity index (χ1v) is 12.5. The monoisotopic (exact) mass is 574 g/mol. The number of phenolic OH excluding ortho intramolecular Hbond substituents is 8. The van der Waals surface area contributed by atoms with Gasteiger partial charge in [0.2, 0.25) is 0 Å². The number of benzene rings is 4. The van der Waals surface area contributed by atoms with Crippen molar-refractivity contribution in [2.75, 3.05) is 0 Å². The third-order valence-electron chi connectivity index (χ3n) is 7.39. The number of ketones is 2. The van der Waals surface area contributed by atoms with Crippen molar-refractivity contribution >= 4 is 11.6 Å². The lowest BCUT2D eigenvalue weighted by molar-refractivity contribution is -0.137. The molecular formula is C30H22O12. The van der Waals surface area contributed by atoms with Crippen molar-refractivity contribution in [2.24, 2.45) is 0 Å². The molecule has 12 heteroatoms. The molecular weight excluding hydrogens is 552 g/mol. The van der Waals surface area contributed by atoms with Crippen LogP contribution in [0.4, 0.5) is 0 Å². The highest BCUT2D eigenvalue weighted by molar-refractivity contribution is 6.04. The summed E-state index contributed by atoms with van der Waals surface area (Å²) in [4.78, 5) is 28.5. The van der Waals surface area contributed by atoms with Gasteiger partial charge in [0, 0.05) is 46.5 Å². The van der Waals surface area contributed by atoms with Gasteiger partial charge in [0.05, 0.1) is 11.8 Å². The molecule has 12 nitrogen and oxygen atoms in total. The quantitative estimate of drug-likeness (QED) is 0.165. The summed E-state index contributed by atoms with van der Waals surface area (Å²) in [5.74, 6) is -9.15. The topological polar surface area (TPSA) is 214 Å². The molecule has 214 valence electrons. The van der Waals surface area contributed by atoms with Crippen LogP contribution in [0.2, 0.25) is 0 Å². The van der Waals surface area contributed by atoms with Crippen molar-refractivity contribution in [1.82, 2.24) is 0 Å². The van der Waals surface area contributed by atoms with Crippen LogP contribution in [0.15, 0.2) is 60.7 Å². The fourth-order valence-corrected chi connectivity index (χ4v) is 5.53. The van der Waals surface area contributed by atoms with Crippen molar-refractivity contribution < 1.29 is 59.9 Å². The Bertz CT molecular complexity index is 1660. The van der Waals surface area contributed by atoms with E-state index in [1.54, 1.807) is 0 Å². The van der Waals surface area contributed by atoms with E-state index in [-0.39, 0.29) is 33.8 Å². The van der Waals surface area contributed by atoms with Crippen molar-refractivity contribution in [3.8, 4) is 57.5 Å². The highest BCUT2D eigenvalue weighted by Gasteiger charge is 2.52. The molecule has 8 N–H and O–H groups in total. The third kappa shape index (κ3) is 4.08. The second-order valence-corrected chi connectivity index (χ2v) is 10.0. The molecule has 4 aromatic rings. The molecule has 0 saturated carbocycles. The second kappa shape index (κ2) is 9.41. The average molecular weight is 574 g/mol. The first-order chi connectivity index (χ1) is 19.9. The minimum Gasteiger partial charge on any atom is -0.508 e. The fraction of sp³-hybridized carbons (Fsp3) is 0.133. The largest absolute Gasteiger partial charge is 0.508 e. The number of carbonyl (C=O) groups excluding carboxylic acids is 2. The number of phenols is 8. The third-order valence-corrected chi connectivity index (χ3v) is 7.39. The van der Waals surface area contributed by atoms with Crippen LogP contribution in [0.5, 0.6) is 57.5 Å². The Balaban J connectivity index is 1.59. The standard InChI is InChI=1S/C30H22O12/c31-13-7-19(37)23-21(9-13)41-29(11-1-3-15(33)17(35)5-11)27(39)25(23)26-24-20(38)8-14(32)10-22(24)42-30(28(26)40)12-2-4-16(34)18(36)6-12/h1-10,25-26,29-38H. The number of hydrogen-bond acceptors (Lipinski definition) is 12. The zero-order valence-corrected chi connectivity index (χ0v) is 21.3. The number of Topliss-reactive ketones (excluding diaryl/α,β-unsaturated/α-hetero) is 2. The number of fused-ring (bicyclic) bond motifs is 2. The van der Waals surface area contributed by atoms with Crippen molar-refractivity contribution in [3.05, 3.63) is 82.9 Å². The zero-order chi connectivity index (χ0) is 30.0. The molecule has 42 heavy (non-hydrogen) atoms. The molecule has 0 amide bonds. The maximum Gasteiger partial charge on any atom is 0.186 e. The second-order valence-electron chi connectivity index (χ2n) is 10.0. The van der Waals surface area contributed by atoms with Crippen LogP contribution >= 0.6 is 0 Å². The van der Waals surface area contributed by atoms with Crippen LogP contribution in [0.3, 0.4) is 0 Å². The van der Waals surface area contributed by atoms with Crippen LogP contribution in [0, 0.1) is 0 Å². The predicted octanol–water partition coefficient (Wildman–Crippen LogP) is 3.60. The van der Waals surface area contributed by atoms with E-state index in [2.05, 4.69) is 0 Å². The minimum atomic E-state index is -1.57. The fourth-order valence-electron chi connectivity index (χ4n) is 5.53. The lowest BCUT2D eigenvalue weighted by Gasteiger charge is -2.39. The molecule has 0 fully saturated rings. The van der Waals surface area contributed by atoms with Crippen molar-refractivity contribution in [2.45, 2.75) is 24.0 Å². The van der Waals surface area contributed by atoms with Gasteiger partial charge in [-0.2, -0.15) is 0 Å². The van der Waals surface area contributed by atoms with E-state index in [9.17, 15) is 50.4 Å². The number of ether oxygens (including phenoxy) is 2. The molecule has 2 aliphatic rings. The lowest BCUT2D eigenvalue weighted by atomic mass is 9.70. The van der Waals surface area contributed by atoms with Gasteiger partial charge in [-0.15, -0.1) is 0 Å². The van der Waals surface area contributed by atoms with Crippen LogP contribution in [0.25, 0.3) is 0 Å². The Morgan fingerprint density at radius 2 is 0.833 bits per heavy atom. The summed E-state index contributed by atoms with van der Waals surface area (Å²) in [6, 6.07) is 11.2.